The number of rotatable bonds is 16. The minimum Gasteiger partial charge on any atom is -0.493 e. The Morgan fingerprint density at radius 3 is 2.29 bits per heavy atom. The van der Waals surface area contributed by atoms with Crippen LogP contribution in [0.25, 0.3) is 0 Å². The van der Waals surface area contributed by atoms with Crippen LogP contribution < -0.4 is 9.47 Å². The molecular weight excluding hydrogens is 396 g/mol. The molecule has 0 aromatic heterocycles. The van der Waals surface area contributed by atoms with Crippen molar-refractivity contribution >= 4 is 5.97 Å². The van der Waals surface area contributed by atoms with Crippen LogP contribution in [0.15, 0.2) is 18.2 Å². The van der Waals surface area contributed by atoms with Crippen molar-refractivity contribution in [1.29, 1.82) is 0 Å². The number of ether oxygens (including phenoxy) is 3. The van der Waals surface area contributed by atoms with Gasteiger partial charge in [0.25, 0.3) is 0 Å². The molecule has 2 atom stereocenters. The van der Waals surface area contributed by atoms with Gasteiger partial charge in [-0.05, 0) is 61.1 Å². The van der Waals surface area contributed by atoms with Gasteiger partial charge in [-0.15, -0.1) is 0 Å². The van der Waals surface area contributed by atoms with E-state index in [4.69, 9.17) is 14.2 Å². The van der Waals surface area contributed by atoms with E-state index >= 15 is 0 Å². The Balaban J connectivity index is 2.70. The lowest BCUT2D eigenvalue weighted by Crippen LogP contribution is -2.43. The molecule has 6 heteroatoms. The summed E-state index contributed by atoms with van der Waals surface area (Å²) < 4.78 is 16.4. The fourth-order valence-corrected chi connectivity index (χ4v) is 3.76. The van der Waals surface area contributed by atoms with Crippen molar-refractivity contribution < 1.29 is 29.2 Å². The molecule has 1 aromatic carbocycles. The summed E-state index contributed by atoms with van der Waals surface area (Å²) in [6, 6.07) is 6.09. The first-order valence-corrected chi connectivity index (χ1v) is 11.4. The molecule has 0 aliphatic rings. The predicted octanol–water partition coefficient (Wildman–Crippen LogP) is 4.96. The van der Waals surface area contributed by atoms with Gasteiger partial charge in [-0.25, -0.2) is 4.79 Å². The molecule has 0 heterocycles. The van der Waals surface area contributed by atoms with Crippen molar-refractivity contribution in [2.75, 3.05) is 27.4 Å². The number of aliphatic hydroxyl groups is 1. The van der Waals surface area contributed by atoms with Gasteiger partial charge in [0.1, 0.15) is 0 Å². The second kappa shape index (κ2) is 13.6. The zero-order valence-corrected chi connectivity index (χ0v) is 20.1. The Morgan fingerprint density at radius 2 is 1.74 bits per heavy atom. The zero-order valence-electron chi connectivity index (χ0n) is 20.1. The van der Waals surface area contributed by atoms with Gasteiger partial charge in [0.15, 0.2) is 17.1 Å². The largest absolute Gasteiger partial charge is 0.493 e. The van der Waals surface area contributed by atoms with Crippen LogP contribution in [-0.4, -0.2) is 49.2 Å². The Kier molecular flexibility index (Phi) is 11.9. The van der Waals surface area contributed by atoms with E-state index in [0.29, 0.717) is 31.5 Å². The summed E-state index contributed by atoms with van der Waals surface area (Å²) in [5, 5.41) is 19.8. The van der Waals surface area contributed by atoms with Crippen LogP contribution in [0.4, 0.5) is 0 Å². The average molecular weight is 439 g/mol. The fourth-order valence-electron chi connectivity index (χ4n) is 3.76. The number of benzene rings is 1. The second-order valence-corrected chi connectivity index (χ2v) is 9.02. The number of methoxy groups -OCH3 is 2. The van der Waals surface area contributed by atoms with Crippen LogP contribution in [-0.2, 0) is 16.0 Å². The van der Waals surface area contributed by atoms with Gasteiger partial charge in [-0.2, -0.15) is 0 Å². The van der Waals surface area contributed by atoms with Crippen molar-refractivity contribution in [2.45, 2.75) is 71.8 Å². The molecule has 2 unspecified atom stereocenters. The van der Waals surface area contributed by atoms with Gasteiger partial charge in [0.05, 0.1) is 13.7 Å². The lowest BCUT2D eigenvalue weighted by atomic mass is 9.82. The highest BCUT2D eigenvalue weighted by atomic mass is 16.5. The fraction of sp³-hybridized carbons (Fsp3) is 0.720. The van der Waals surface area contributed by atoms with Crippen LogP contribution in [0, 0.1) is 17.8 Å². The van der Waals surface area contributed by atoms with E-state index in [2.05, 4.69) is 26.0 Å². The van der Waals surface area contributed by atoms with Gasteiger partial charge < -0.3 is 24.4 Å². The number of unbranched alkanes of at least 4 members (excludes halogenated alkanes) is 1. The smallest absolute Gasteiger partial charge is 0.335 e. The Morgan fingerprint density at radius 1 is 1.03 bits per heavy atom. The van der Waals surface area contributed by atoms with Gasteiger partial charge in [0.2, 0.25) is 0 Å². The molecule has 0 amide bonds. The second-order valence-electron chi connectivity index (χ2n) is 9.02. The first-order valence-electron chi connectivity index (χ1n) is 11.4. The number of hydrogen-bond acceptors (Lipinski definition) is 5. The highest BCUT2D eigenvalue weighted by Crippen LogP contribution is 2.32. The molecule has 0 fully saturated rings. The standard InChI is InChI=1S/C25H42O6/c1-18(2)21(10-7-8-13-25(28,19(3)4)24(26)27)16-20-11-12-22(30-6)23(17-20)31-15-9-14-29-5/h11-12,17-19,21,28H,7-10,13-16H2,1-6H3,(H,26,27). The SMILES string of the molecule is COCCCOc1cc(CC(CCCCC(O)(C(=O)O)C(C)C)C(C)C)ccc1OC. The number of carboxylic acids is 1. The summed E-state index contributed by atoms with van der Waals surface area (Å²) in [4.78, 5) is 11.5. The van der Waals surface area contributed by atoms with Crippen LogP contribution >= 0.6 is 0 Å². The van der Waals surface area contributed by atoms with Crippen molar-refractivity contribution in [2.24, 2.45) is 17.8 Å². The van der Waals surface area contributed by atoms with Crippen molar-refractivity contribution in [3.63, 3.8) is 0 Å². The molecule has 2 N–H and O–H groups in total. The molecule has 178 valence electrons. The van der Waals surface area contributed by atoms with Crippen LogP contribution in [0.1, 0.15) is 65.4 Å². The molecule has 1 aromatic rings. The van der Waals surface area contributed by atoms with E-state index in [1.165, 1.54) is 5.56 Å². The van der Waals surface area contributed by atoms with Crippen molar-refractivity contribution in [3.8, 4) is 11.5 Å². The third-order valence-electron chi connectivity index (χ3n) is 6.13. The maximum Gasteiger partial charge on any atom is 0.335 e. The quantitative estimate of drug-likeness (QED) is 0.355. The summed E-state index contributed by atoms with van der Waals surface area (Å²) in [6.45, 7) is 9.18. The molecule has 0 spiro atoms. The van der Waals surface area contributed by atoms with E-state index in [-0.39, 0.29) is 12.3 Å². The molecular formula is C25H42O6. The molecule has 0 aliphatic heterocycles. The maximum atomic E-state index is 11.5. The summed E-state index contributed by atoms with van der Waals surface area (Å²) >= 11 is 0. The summed E-state index contributed by atoms with van der Waals surface area (Å²) in [5.41, 5.74) is -0.441. The highest BCUT2D eigenvalue weighted by Gasteiger charge is 2.38. The van der Waals surface area contributed by atoms with E-state index in [1.54, 1.807) is 28.1 Å². The maximum absolute atomic E-state index is 11.5. The first-order chi connectivity index (χ1) is 14.7. The summed E-state index contributed by atoms with van der Waals surface area (Å²) in [6.07, 6.45) is 4.59. The number of carbonyl (C=O) groups is 1. The first kappa shape index (κ1) is 27.2. The lowest BCUT2D eigenvalue weighted by Gasteiger charge is -2.28. The molecule has 0 aliphatic carbocycles. The topological polar surface area (TPSA) is 85.2 Å². The van der Waals surface area contributed by atoms with Gasteiger partial charge in [-0.1, -0.05) is 40.2 Å². The predicted molar refractivity (Wildman–Crippen MR) is 123 cm³/mol. The zero-order chi connectivity index (χ0) is 23.4. The normalized spacial score (nSPS) is 14.5. The van der Waals surface area contributed by atoms with Gasteiger partial charge >= 0.3 is 5.97 Å². The number of aliphatic carboxylic acids is 1. The molecule has 1 rings (SSSR count). The lowest BCUT2D eigenvalue weighted by molar-refractivity contribution is -0.164. The Hall–Kier alpha value is -1.79. The molecule has 0 radical (unpaired) electrons. The van der Waals surface area contributed by atoms with E-state index in [9.17, 15) is 15.0 Å². The molecule has 0 saturated heterocycles. The minimum absolute atomic E-state index is 0.285. The summed E-state index contributed by atoms with van der Waals surface area (Å²) in [7, 11) is 3.32. The van der Waals surface area contributed by atoms with E-state index in [1.807, 2.05) is 6.07 Å². The Bertz CT molecular complexity index is 657. The molecule has 0 saturated carbocycles. The molecule has 6 nitrogen and oxygen atoms in total. The van der Waals surface area contributed by atoms with Crippen molar-refractivity contribution in [1.82, 2.24) is 0 Å². The van der Waals surface area contributed by atoms with Crippen LogP contribution in [0.5, 0.6) is 11.5 Å². The van der Waals surface area contributed by atoms with Crippen LogP contribution in [0.2, 0.25) is 0 Å². The summed E-state index contributed by atoms with van der Waals surface area (Å²) in [5.74, 6) is 1.00. The average Bonchev–Trinajstić information content (AvgIpc) is 2.72. The van der Waals surface area contributed by atoms with Gasteiger partial charge in [0, 0.05) is 20.1 Å². The van der Waals surface area contributed by atoms with Crippen molar-refractivity contribution in [3.05, 3.63) is 23.8 Å². The van der Waals surface area contributed by atoms with Crippen LogP contribution in [0.3, 0.4) is 0 Å². The third-order valence-corrected chi connectivity index (χ3v) is 6.13. The third kappa shape index (κ3) is 8.69. The molecule has 0 bridgehead atoms. The van der Waals surface area contributed by atoms with E-state index < -0.39 is 11.6 Å². The molecule has 31 heavy (non-hydrogen) atoms. The number of carboxylic acid groups (broad SMARTS) is 1. The Labute approximate surface area is 187 Å². The number of hydrogen-bond donors (Lipinski definition) is 2. The highest BCUT2D eigenvalue weighted by molar-refractivity contribution is 5.77. The minimum atomic E-state index is -1.64. The monoisotopic (exact) mass is 438 g/mol. The van der Waals surface area contributed by atoms with E-state index in [0.717, 1.165) is 37.2 Å². The van der Waals surface area contributed by atoms with Gasteiger partial charge in [-0.3, -0.25) is 0 Å².